The SMILES string of the molecule is CN(CC(=O)N1CC(C(=O)Nc2ccccc2)CC1C#N)C(=O)c1ccc2nc(C(F)F)cn2c1. The molecule has 1 aromatic carbocycles. The summed E-state index contributed by atoms with van der Waals surface area (Å²) in [4.78, 5) is 44.7. The summed E-state index contributed by atoms with van der Waals surface area (Å²) in [5.74, 6) is -1.81. The van der Waals surface area contributed by atoms with Gasteiger partial charge in [0, 0.05) is 31.7 Å². The van der Waals surface area contributed by atoms with Crippen LogP contribution in [0.15, 0.2) is 54.9 Å². The van der Waals surface area contributed by atoms with Gasteiger partial charge >= 0.3 is 0 Å². The molecule has 11 heteroatoms. The lowest BCUT2D eigenvalue weighted by atomic mass is 10.1. The zero-order valence-corrected chi connectivity index (χ0v) is 18.8. The number of pyridine rings is 1. The first-order valence-corrected chi connectivity index (χ1v) is 10.8. The van der Waals surface area contributed by atoms with Crippen LogP contribution in [-0.4, -0.2) is 63.1 Å². The highest BCUT2D eigenvalue weighted by atomic mass is 19.3. The van der Waals surface area contributed by atoms with E-state index in [0.29, 0.717) is 5.69 Å². The Hall–Kier alpha value is -4.33. The Morgan fingerprint density at radius 1 is 1.20 bits per heavy atom. The lowest BCUT2D eigenvalue weighted by molar-refractivity contribution is -0.131. The first-order valence-electron chi connectivity index (χ1n) is 10.8. The third kappa shape index (κ3) is 5.11. The molecule has 1 fully saturated rings. The number of nitrogens with one attached hydrogen (secondary N) is 1. The first kappa shape index (κ1) is 23.8. The van der Waals surface area contributed by atoms with Crippen molar-refractivity contribution in [1.82, 2.24) is 19.2 Å². The van der Waals surface area contributed by atoms with Crippen molar-refractivity contribution < 1.29 is 23.2 Å². The minimum atomic E-state index is -2.73. The topological polar surface area (TPSA) is 111 Å². The number of hydrogen-bond donors (Lipinski definition) is 1. The van der Waals surface area contributed by atoms with Crippen LogP contribution in [0.1, 0.15) is 28.9 Å². The fourth-order valence-electron chi connectivity index (χ4n) is 4.02. The minimum Gasteiger partial charge on any atom is -0.332 e. The lowest BCUT2D eigenvalue weighted by Gasteiger charge is -2.24. The number of fused-ring (bicyclic) bond motifs is 1. The minimum absolute atomic E-state index is 0.0646. The summed E-state index contributed by atoms with van der Waals surface area (Å²) >= 11 is 0. The largest absolute Gasteiger partial charge is 0.332 e. The van der Waals surface area contributed by atoms with Gasteiger partial charge in [-0.2, -0.15) is 5.26 Å². The predicted octanol–water partition coefficient (Wildman–Crippen LogP) is 2.72. The molecule has 0 saturated carbocycles. The Labute approximate surface area is 199 Å². The number of carbonyl (C=O) groups is 3. The number of benzene rings is 1. The Balaban J connectivity index is 1.40. The molecule has 3 amide bonds. The van der Waals surface area contributed by atoms with Crippen LogP contribution in [-0.2, 0) is 9.59 Å². The molecule has 180 valence electrons. The first-order chi connectivity index (χ1) is 16.8. The van der Waals surface area contributed by atoms with Crippen LogP contribution in [0.4, 0.5) is 14.5 Å². The number of hydrogen-bond acceptors (Lipinski definition) is 5. The van der Waals surface area contributed by atoms with Crippen LogP contribution in [0.3, 0.4) is 0 Å². The summed E-state index contributed by atoms with van der Waals surface area (Å²) in [6.45, 7) is -0.247. The molecule has 4 rings (SSSR count). The number of likely N-dealkylation sites (N-methyl/N-ethyl adjacent to an activating group) is 1. The number of amides is 3. The molecule has 1 N–H and O–H groups in total. The van der Waals surface area contributed by atoms with Crippen molar-refractivity contribution in [2.24, 2.45) is 5.92 Å². The molecule has 0 spiro atoms. The highest BCUT2D eigenvalue weighted by molar-refractivity contribution is 5.97. The van der Waals surface area contributed by atoms with Crippen molar-refractivity contribution in [2.45, 2.75) is 18.9 Å². The molecule has 9 nitrogen and oxygen atoms in total. The number of imidazole rings is 1. The van der Waals surface area contributed by atoms with E-state index in [0.717, 1.165) is 6.20 Å². The van der Waals surface area contributed by atoms with Gasteiger partial charge in [-0.1, -0.05) is 18.2 Å². The number of nitrogens with zero attached hydrogens (tertiary/aromatic N) is 5. The fraction of sp³-hybridized carbons (Fsp3) is 0.292. The van der Waals surface area contributed by atoms with Crippen LogP contribution in [0, 0.1) is 17.2 Å². The van der Waals surface area contributed by atoms with E-state index in [1.165, 1.54) is 39.6 Å². The molecular formula is C24H22F2N6O3. The molecule has 1 saturated heterocycles. The molecule has 2 atom stereocenters. The van der Waals surface area contributed by atoms with Gasteiger partial charge in [0.25, 0.3) is 12.3 Å². The van der Waals surface area contributed by atoms with E-state index in [-0.39, 0.29) is 36.6 Å². The van der Waals surface area contributed by atoms with E-state index in [9.17, 15) is 28.4 Å². The quantitative estimate of drug-likeness (QED) is 0.583. The number of alkyl halides is 2. The van der Waals surface area contributed by atoms with E-state index < -0.39 is 35.9 Å². The van der Waals surface area contributed by atoms with Crippen LogP contribution in [0.2, 0.25) is 0 Å². The third-order valence-electron chi connectivity index (χ3n) is 5.84. The van der Waals surface area contributed by atoms with Crippen molar-refractivity contribution in [3.05, 3.63) is 66.1 Å². The predicted molar refractivity (Wildman–Crippen MR) is 121 cm³/mol. The van der Waals surface area contributed by atoms with Gasteiger partial charge in [-0.05, 0) is 30.7 Å². The van der Waals surface area contributed by atoms with E-state index in [2.05, 4.69) is 16.4 Å². The fourth-order valence-corrected chi connectivity index (χ4v) is 4.02. The third-order valence-corrected chi connectivity index (χ3v) is 5.84. The second-order valence-electron chi connectivity index (χ2n) is 8.29. The molecule has 2 unspecified atom stereocenters. The molecule has 3 heterocycles. The van der Waals surface area contributed by atoms with E-state index in [4.69, 9.17) is 0 Å². The number of likely N-dealkylation sites (tertiary alicyclic amines) is 1. The van der Waals surface area contributed by atoms with Gasteiger partial charge in [0.2, 0.25) is 11.8 Å². The Kier molecular flexibility index (Phi) is 6.73. The second kappa shape index (κ2) is 9.89. The van der Waals surface area contributed by atoms with Gasteiger partial charge in [-0.15, -0.1) is 0 Å². The number of para-hydroxylation sites is 1. The highest BCUT2D eigenvalue weighted by Gasteiger charge is 2.39. The summed E-state index contributed by atoms with van der Waals surface area (Å²) in [5, 5.41) is 12.3. The Morgan fingerprint density at radius 3 is 2.63 bits per heavy atom. The average Bonchev–Trinajstić information content (AvgIpc) is 3.48. The second-order valence-corrected chi connectivity index (χ2v) is 8.29. The molecule has 0 aliphatic carbocycles. The summed E-state index contributed by atoms with van der Waals surface area (Å²) in [6, 6.07) is 13.0. The number of carbonyl (C=O) groups excluding carboxylic acids is 3. The number of nitriles is 1. The Bertz CT molecular complexity index is 1300. The van der Waals surface area contributed by atoms with Crippen LogP contribution >= 0.6 is 0 Å². The molecular weight excluding hydrogens is 458 g/mol. The number of halogens is 2. The summed E-state index contributed by atoms with van der Waals surface area (Å²) in [5.41, 5.74) is 0.672. The van der Waals surface area contributed by atoms with Gasteiger partial charge in [-0.25, -0.2) is 13.8 Å². The van der Waals surface area contributed by atoms with Gasteiger partial charge in [0.1, 0.15) is 17.4 Å². The van der Waals surface area contributed by atoms with E-state index in [1.54, 1.807) is 24.3 Å². The van der Waals surface area contributed by atoms with Crippen molar-refractivity contribution in [3.8, 4) is 6.07 Å². The lowest BCUT2D eigenvalue weighted by Crippen LogP contribution is -2.43. The van der Waals surface area contributed by atoms with Gasteiger partial charge < -0.3 is 19.5 Å². The maximum atomic E-state index is 12.9. The van der Waals surface area contributed by atoms with Crippen LogP contribution < -0.4 is 5.32 Å². The van der Waals surface area contributed by atoms with Crippen molar-refractivity contribution in [2.75, 3.05) is 25.5 Å². The maximum absolute atomic E-state index is 12.9. The Morgan fingerprint density at radius 2 is 1.94 bits per heavy atom. The smallest absolute Gasteiger partial charge is 0.281 e. The van der Waals surface area contributed by atoms with Crippen molar-refractivity contribution >= 4 is 29.1 Å². The normalized spacial score (nSPS) is 17.4. The number of rotatable bonds is 6. The standard InChI is InChI=1S/C24H22F2N6O3/c1-30(24(35)15-7-8-20-29-19(22(25)26)13-31(20)11-15)14-21(33)32-12-16(9-18(32)10-27)23(34)28-17-5-3-2-4-6-17/h2-8,11,13,16,18,22H,9,12,14H2,1H3,(H,28,34). The van der Waals surface area contributed by atoms with Crippen LogP contribution in [0.25, 0.3) is 5.65 Å². The molecule has 1 aliphatic heterocycles. The van der Waals surface area contributed by atoms with Gasteiger partial charge in [-0.3, -0.25) is 14.4 Å². The molecule has 0 radical (unpaired) electrons. The molecule has 2 aromatic heterocycles. The number of aromatic nitrogens is 2. The molecule has 35 heavy (non-hydrogen) atoms. The zero-order valence-electron chi connectivity index (χ0n) is 18.8. The molecule has 3 aromatic rings. The summed E-state index contributed by atoms with van der Waals surface area (Å²) in [7, 11) is 1.43. The summed E-state index contributed by atoms with van der Waals surface area (Å²) < 4.78 is 27.1. The van der Waals surface area contributed by atoms with Gasteiger partial charge in [0.05, 0.1) is 24.1 Å². The van der Waals surface area contributed by atoms with E-state index >= 15 is 0 Å². The van der Waals surface area contributed by atoms with Crippen LogP contribution in [0.5, 0.6) is 0 Å². The van der Waals surface area contributed by atoms with Crippen molar-refractivity contribution in [3.63, 3.8) is 0 Å². The molecule has 1 aliphatic rings. The highest BCUT2D eigenvalue weighted by Crippen LogP contribution is 2.25. The van der Waals surface area contributed by atoms with Gasteiger partial charge in [0.15, 0.2) is 0 Å². The van der Waals surface area contributed by atoms with Crippen molar-refractivity contribution in [1.29, 1.82) is 5.26 Å². The van der Waals surface area contributed by atoms with E-state index in [1.807, 2.05) is 6.07 Å². The monoisotopic (exact) mass is 480 g/mol. The summed E-state index contributed by atoms with van der Waals surface area (Å²) in [6.07, 6.45) is -0.0244. The average molecular weight is 480 g/mol. The molecule has 0 bridgehead atoms. The maximum Gasteiger partial charge on any atom is 0.281 e. The number of anilines is 1. The zero-order chi connectivity index (χ0) is 25.1.